The van der Waals surface area contributed by atoms with Gasteiger partial charge in [0.2, 0.25) is 0 Å². The Balaban J connectivity index is 2.35. The number of hydrogen-bond donors (Lipinski definition) is 1. The molecule has 0 amide bonds. The van der Waals surface area contributed by atoms with Crippen LogP contribution in [0.1, 0.15) is 41.5 Å². The zero-order valence-electron chi connectivity index (χ0n) is 17.0. The van der Waals surface area contributed by atoms with Crippen LogP contribution in [-0.4, -0.2) is 11.2 Å². The van der Waals surface area contributed by atoms with Gasteiger partial charge in [-0.15, -0.1) is 0 Å². The summed E-state index contributed by atoms with van der Waals surface area (Å²) >= 11 is 0. The zero-order chi connectivity index (χ0) is 19.7. The van der Waals surface area contributed by atoms with Crippen LogP contribution >= 0.6 is 0 Å². The summed E-state index contributed by atoms with van der Waals surface area (Å²) < 4.78 is 0. The van der Waals surface area contributed by atoms with Crippen LogP contribution in [0.2, 0.25) is 0 Å². The van der Waals surface area contributed by atoms with Crippen LogP contribution in [0.15, 0.2) is 59.8 Å². The van der Waals surface area contributed by atoms with Crippen LogP contribution in [0.3, 0.4) is 0 Å². The second-order valence-electron chi connectivity index (χ2n) is 8.65. The molecule has 0 aliphatic heterocycles. The van der Waals surface area contributed by atoms with Gasteiger partial charge in [0.1, 0.15) is 11.0 Å². The molecule has 3 rings (SSSR count). The van der Waals surface area contributed by atoms with Crippen molar-refractivity contribution < 1.29 is 9.68 Å². The molecule has 1 N–H and O–H groups in total. The number of hydrogen-bond acceptors (Lipinski definition) is 4. The first kappa shape index (κ1) is 19.2. The minimum Gasteiger partial charge on any atom is -0.390 e. The van der Waals surface area contributed by atoms with Crippen LogP contribution in [0.25, 0.3) is 21.5 Å². The number of nitrogens with zero attached hydrogens (tertiary/aromatic N) is 1. The largest absolute Gasteiger partial charge is 0.390 e. The molecule has 0 heterocycles. The number of benzene rings is 2. The van der Waals surface area contributed by atoms with Crippen LogP contribution in [0.5, 0.6) is 0 Å². The van der Waals surface area contributed by atoms with Crippen molar-refractivity contribution in [3.05, 3.63) is 60.0 Å². The Labute approximate surface area is 160 Å². The molecule has 0 saturated heterocycles. The van der Waals surface area contributed by atoms with Gasteiger partial charge >= 0.3 is 0 Å². The topological polar surface area (TPSA) is 42.8 Å². The molecule has 0 radical (unpaired) electrons. The van der Waals surface area contributed by atoms with E-state index in [2.05, 4.69) is 34.9 Å². The Morgan fingerprint density at radius 1 is 0.704 bits per heavy atom. The van der Waals surface area contributed by atoms with Crippen molar-refractivity contribution >= 4 is 27.2 Å². The minimum absolute atomic E-state index is 0.325. The van der Waals surface area contributed by atoms with E-state index >= 15 is 0 Å². The third-order valence-corrected chi connectivity index (χ3v) is 3.88. The van der Waals surface area contributed by atoms with E-state index in [-0.39, 0.29) is 11.2 Å². The molecule has 3 aromatic carbocycles. The van der Waals surface area contributed by atoms with Crippen molar-refractivity contribution in [3.63, 3.8) is 0 Å². The molecule has 3 aromatic rings. The maximum Gasteiger partial charge on any atom is 0.129 e. The van der Waals surface area contributed by atoms with Crippen molar-refractivity contribution in [2.75, 3.05) is 5.48 Å². The minimum atomic E-state index is -0.371. The zero-order valence-corrected chi connectivity index (χ0v) is 17.0. The van der Waals surface area contributed by atoms with Gasteiger partial charge in [0.15, 0.2) is 0 Å². The van der Waals surface area contributed by atoms with Crippen molar-refractivity contribution in [3.8, 4) is 0 Å². The molecule has 0 saturated carbocycles. The maximum atomic E-state index is 5.86. The second-order valence-corrected chi connectivity index (χ2v) is 8.65. The predicted molar refractivity (Wildman–Crippen MR) is 112 cm³/mol. The molecular weight excluding hydrogens is 336 g/mol. The average Bonchev–Trinajstić information content (AvgIpc) is 2.72. The Morgan fingerprint density at radius 2 is 1.22 bits per heavy atom. The molecule has 0 bridgehead atoms. The number of rotatable bonds is 3. The van der Waals surface area contributed by atoms with E-state index in [9.17, 15) is 0 Å². The summed E-state index contributed by atoms with van der Waals surface area (Å²) in [6, 6.07) is 18.5. The van der Waals surface area contributed by atoms with Gasteiger partial charge in [0.05, 0.1) is 11.3 Å². The number of fused-ring (bicyclic) bond motifs is 3. The first-order chi connectivity index (χ1) is 12.6. The van der Waals surface area contributed by atoms with E-state index in [1.165, 1.54) is 0 Å². The Hall–Kier alpha value is -2.59. The van der Waals surface area contributed by atoms with E-state index in [1.54, 1.807) is 0 Å². The lowest BCUT2D eigenvalue weighted by atomic mass is 10.1. The van der Waals surface area contributed by atoms with Crippen LogP contribution in [0.4, 0.5) is 5.69 Å². The summed E-state index contributed by atoms with van der Waals surface area (Å²) in [5.41, 5.74) is 3.30. The SMILES string of the molecule is CC(C)(C)ON=c1cc(NOC(C)(C)C)c2ccccc2c2ccccc12. The molecule has 0 atom stereocenters. The second kappa shape index (κ2) is 7.20. The first-order valence-electron chi connectivity index (χ1n) is 9.25. The van der Waals surface area contributed by atoms with Gasteiger partial charge in [-0.2, -0.15) is 0 Å². The molecule has 4 nitrogen and oxygen atoms in total. The molecule has 0 fully saturated rings. The van der Waals surface area contributed by atoms with Crippen LogP contribution < -0.4 is 10.8 Å². The smallest absolute Gasteiger partial charge is 0.129 e. The van der Waals surface area contributed by atoms with Crippen molar-refractivity contribution in [1.82, 2.24) is 0 Å². The standard InChI is InChI=1S/C23H28N2O2/c1-22(2,3)26-24-20-15-21(25-27-23(4,5)6)19-14-10-8-12-17(19)16-11-7-9-13-18(16)20/h7-15,24H,1-6H3. The third kappa shape index (κ3) is 4.77. The van der Waals surface area contributed by atoms with E-state index < -0.39 is 0 Å². The molecule has 4 heteroatoms. The molecule has 0 unspecified atom stereocenters. The summed E-state index contributed by atoms with van der Waals surface area (Å²) in [5, 5.41) is 9.58. The Morgan fingerprint density at radius 3 is 1.78 bits per heavy atom. The number of nitrogens with one attached hydrogen (secondary N) is 1. The maximum absolute atomic E-state index is 5.86. The summed E-state index contributed by atoms with van der Waals surface area (Å²) in [4.78, 5) is 11.6. The van der Waals surface area contributed by atoms with Crippen molar-refractivity contribution in [1.29, 1.82) is 0 Å². The average molecular weight is 364 g/mol. The monoisotopic (exact) mass is 364 g/mol. The van der Waals surface area contributed by atoms with Crippen molar-refractivity contribution in [2.24, 2.45) is 5.16 Å². The summed E-state index contributed by atoms with van der Waals surface area (Å²) in [7, 11) is 0. The van der Waals surface area contributed by atoms with E-state index in [0.29, 0.717) is 0 Å². The highest BCUT2D eigenvalue weighted by Gasteiger charge is 2.14. The molecular formula is C23H28N2O2. The highest BCUT2D eigenvalue weighted by atomic mass is 16.7. The molecule has 0 spiro atoms. The van der Waals surface area contributed by atoms with E-state index in [4.69, 9.17) is 9.68 Å². The van der Waals surface area contributed by atoms with Gasteiger partial charge in [-0.05, 0) is 58.4 Å². The quantitative estimate of drug-likeness (QED) is 0.600. The first-order valence-corrected chi connectivity index (χ1v) is 9.25. The highest BCUT2D eigenvalue weighted by Crippen LogP contribution is 2.28. The molecule has 0 aromatic heterocycles. The lowest BCUT2D eigenvalue weighted by Gasteiger charge is -2.20. The summed E-state index contributed by atoms with van der Waals surface area (Å²) in [5.74, 6) is 0. The van der Waals surface area contributed by atoms with Gasteiger partial charge in [0, 0.05) is 10.8 Å². The highest BCUT2D eigenvalue weighted by molar-refractivity contribution is 6.09. The third-order valence-electron chi connectivity index (χ3n) is 3.88. The van der Waals surface area contributed by atoms with Gasteiger partial charge in [-0.1, -0.05) is 53.7 Å². The van der Waals surface area contributed by atoms with Gasteiger partial charge < -0.3 is 4.84 Å². The van der Waals surface area contributed by atoms with Gasteiger partial charge in [-0.25, -0.2) is 0 Å². The van der Waals surface area contributed by atoms with Gasteiger partial charge in [-0.3, -0.25) is 10.3 Å². The molecule has 27 heavy (non-hydrogen) atoms. The normalized spacial score (nSPS) is 13.2. The number of anilines is 1. The fraction of sp³-hybridized carbons (Fsp3) is 0.348. The van der Waals surface area contributed by atoms with Gasteiger partial charge in [0.25, 0.3) is 0 Å². The Bertz CT molecular complexity index is 1030. The molecule has 142 valence electrons. The van der Waals surface area contributed by atoms with E-state index in [1.807, 2.05) is 71.9 Å². The molecule has 0 aliphatic rings. The Kier molecular flexibility index (Phi) is 5.11. The van der Waals surface area contributed by atoms with Crippen LogP contribution in [-0.2, 0) is 9.68 Å². The lowest BCUT2D eigenvalue weighted by Crippen LogP contribution is -2.23. The predicted octanol–water partition coefficient (Wildman–Crippen LogP) is 5.77. The fourth-order valence-corrected chi connectivity index (χ4v) is 2.74. The molecule has 0 aliphatic carbocycles. The van der Waals surface area contributed by atoms with Crippen LogP contribution in [0, 0.1) is 0 Å². The lowest BCUT2D eigenvalue weighted by molar-refractivity contribution is -0.00580. The fourth-order valence-electron chi connectivity index (χ4n) is 2.74. The van der Waals surface area contributed by atoms with E-state index in [0.717, 1.165) is 32.6 Å². The summed E-state index contributed by atoms with van der Waals surface area (Å²) in [6.45, 7) is 12.0. The van der Waals surface area contributed by atoms with Crippen molar-refractivity contribution in [2.45, 2.75) is 52.7 Å². The summed E-state index contributed by atoms with van der Waals surface area (Å²) in [6.07, 6.45) is 0.